The number of rotatable bonds is 6. The molecule has 11 heteroatoms. The Morgan fingerprint density at radius 1 is 0.714 bits per heavy atom. The number of nitrogens with zero attached hydrogens (tertiary/aromatic N) is 5. The van der Waals surface area contributed by atoms with Crippen LogP contribution in [0.1, 0.15) is 49.9 Å². The summed E-state index contributed by atoms with van der Waals surface area (Å²) in [6, 6.07) is 5.85. The van der Waals surface area contributed by atoms with Crippen molar-refractivity contribution in [2.45, 2.75) is 38.5 Å². The second-order valence-electron chi connectivity index (χ2n) is 6.30. The van der Waals surface area contributed by atoms with E-state index in [-0.39, 0.29) is 55.8 Å². The van der Waals surface area contributed by atoms with Crippen molar-refractivity contribution in [3.05, 3.63) is 29.6 Å². The van der Waals surface area contributed by atoms with Crippen LogP contribution in [-0.4, -0.2) is 53.6 Å². The Kier molecular flexibility index (Phi) is 18.4. The number of aromatic nitrogens is 1. The third-order valence-electron chi connectivity index (χ3n) is 4.30. The average molecular weight is 487 g/mol. The van der Waals surface area contributed by atoms with E-state index in [0.717, 1.165) is 37.6 Å². The van der Waals surface area contributed by atoms with Crippen LogP contribution in [-0.2, 0) is 18.6 Å². The van der Waals surface area contributed by atoms with Crippen molar-refractivity contribution in [3.8, 4) is 0 Å². The fourth-order valence-electron chi connectivity index (χ4n) is 2.95. The molecule has 0 atom stereocenters. The zero-order valence-corrected chi connectivity index (χ0v) is 19.4. The molecule has 3 heterocycles. The van der Waals surface area contributed by atoms with Crippen molar-refractivity contribution >= 4 is 12.4 Å². The predicted molar refractivity (Wildman–Crippen MR) is 96.5 cm³/mol. The minimum Gasteiger partial charge on any atom is -1.00 e. The molecule has 0 spiro atoms. The van der Waals surface area contributed by atoms with Crippen molar-refractivity contribution in [2.75, 3.05) is 26.2 Å². The van der Waals surface area contributed by atoms with Crippen LogP contribution < -0.4 is 48.3 Å². The number of piperidine rings is 2. The van der Waals surface area contributed by atoms with Gasteiger partial charge in [0.25, 0.3) is 0 Å². The van der Waals surface area contributed by atoms with Crippen molar-refractivity contribution in [2.24, 2.45) is 10.2 Å². The maximum absolute atomic E-state index is 4.52. The largest absolute Gasteiger partial charge is 1.00 e. The molecule has 0 saturated carbocycles. The summed E-state index contributed by atoms with van der Waals surface area (Å²) in [5, 5.41) is 12.9. The van der Waals surface area contributed by atoms with Crippen molar-refractivity contribution in [1.29, 1.82) is 0 Å². The molecule has 1 aromatic rings. The minimum absolute atomic E-state index is 0. The summed E-state index contributed by atoms with van der Waals surface area (Å²) in [6.45, 7) is 4.22. The topological polar surface area (TPSA) is 68.2 Å². The number of halogens is 3. The van der Waals surface area contributed by atoms with Gasteiger partial charge in [-0.1, -0.05) is 18.9 Å². The molecule has 0 aliphatic carbocycles. The SMILES string of the molecule is C(=NNN1CCCCC1)c1cccc(C=NNN2CCCCC2)n1.[Cl-].[Cl-].[Cl-].[V]. The van der Waals surface area contributed by atoms with Gasteiger partial charge < -0.3 is 37.2 Å². The van der Waals surface area contributed by atoms with Gasteiger partial charge in [0.05, 0.1) is 23.8 Å². The van der Waals surface area contributed by atoms with Crippen LogP contribution in [0.3, 0.4) is 0 Å². The standard InChI is InChI=1S/C17H27N7.3ClH.V/c1-3-10-23(11-4-1)21-18-14-16-8-7-9-17(20-16)15-19-22-24-12-5-2-6-13-24;;;;/h7-9,14-15,21-22H,1-6,10-13H2;3*1H;/p-3. The first-order valence-corrected chi connectivity index (χ1v) is 8.94. The predicted octanol–water partition coefficient (Wildman–Crippen LogP) is -7.26. The van der Waals surface area contributed by atoms with Gasteiger partial charge in [-0.15, -0.1) is 0 Å². The number of hydrazine groups is 2. The molecule has 1 aromatic heterocycles. The molecule has 1 radical (unpaired) electrons. The minimum atomic E-state index is 0. The van der Waals surface area contributed by atoms with Gasteiger partial charge in [0.2, 0.25) is 0 Å². The number of hydrogen-bond acceptors (Lipinski definition) is 7. The van der Waals surface area contributed by atoms with Gasteiger partial charge in [-0.3, -0.25) is 0 Å². The molecule has 2 saturated heterocycles. The van der Waals surface area contributed by atoms with Crippen LogP contribution in [0.25, 0.3) is 0 Å². The first kappa shape index (κ1) is 29.7. The molecular weight excluding hydrogens is 460 g/mol. The van der Waals surface area contributed by atoms with E-state index in [1.165, 1.54) is 38.5 Å². The molecule has 0 amide bonds. The first-order valence-electron chi connectivity index (χ1n) is 8.94. The van der Waals surface area contributed by atoms with E-state index >= 15 is 0 Å². The van der Waals surface area contributed by atoms with Crippen molar-refractivity contribution < 1.29 is 55.8 Å². The zero-order chi connectivity index (χ0) is 16.5. The molecule has 3 rings (SSSR count). The van der Waals surface area contributed by atoms with E-state index < -0.39 is 0 Å². The van der Waals surface area contributed by atoms with Crippen molar-refractivity contribution in [3.63, 3.8) is 0 Å². The molecule has 2 aliphatic rings. The Bertz CT molecular complexity index is 520. The monoisotopic (exact) mass is 485 g/mol. The normalized spacial score (nSPS) is 17.7. The Morgan fingerprint density at radius 2 is 1.11 bits per heavy atom. The summed E-state index contributed by atoms with van der Waals surface area (Å²) < 4.78 is 0. The molecular formula is C17H27Cl3N7V-3. The molecule has 2 aliphatic heterocycles. The molecule has 2 N–H and O–H groups in total. The van der Waals surface area contributed by atoms with Crippen LogP contribution in [0.4, 0.5) is 0 Å². The zero-order valence-electron chi connectivity index (χ0n) is 15.8. The van der Waals surface area contributed by atoms with Crippen molar-refractivity contribution in [1.82, 2.24) is 26.1 Å². The Labute approximate surface area is 198 Å². The van der Waals surface area contributed by atoms with Crippen LogP contribution in [0.5, 0.6) is 0 Å². The van der Waals surface area contributed by atoms with Gasteiger partial charge in [0.15, 0.2) is 0 Å². The van der Waals surface area contributed by atoms with E-state index in [0.29, 0.717) is 0 Å². The van der Waals surface area contributed by atoms with Gasteiger partial charge in [-0.25, -0.2) is 26.1 Å². The van der Waals surface area contributed by atoms with Crippen LogP contribution in [0.15, 0.2) is 28.4 Å². The maximum atomic E-state index is 4.52. The Morgan fingerprint density at radius 3 is 1.50 bits per heavy atom. The third-order valence-corrected chi connectivity index (χ3v) is 4.30. The number of hydrogen-bond donors (Lipinski definition) is 2. The molecule has 7 nitrogen and oxygen atoms in total. The maximum Gasteiger partial charge on any atom is 0.0838 e. The number of hydrazone groups is 2. The average Bonchev–Trinajstić information content (AvgIpc) is 2.64. The molecule has 0 unspecified atom stereocenters. The molecule has 28 heavy (non-hydrogen) atoms. The summed E-state index contributed by atoms with van der Waals surface area (Å²) in [6.07, 6.45) is 11.1. The third kappa shape index (κ3) is 10.9. The van der Waals surface area contributed by atoms with E-state index in [1.807, 2.05) is 18.2 Å². The summed E-state index contributed by atoms with van der Waals surface area (Å²) >= 11 is 0. The summed E-state index contributed by atoms with van der Waals surface area (Å²) in [5.74, 6) is 0. The summed E-state index contributed by atoms with van der Waals surface area (Å²) in [4.78, 5) is 4.52. The van der Waals surface area contributed by atoms with Crippen LogP contribution in [0, 0.1) is 0 Å². The second kappa shape index (κ2) is 17.3. The van der Waals surface area contributed by atoms with Gasteiger partial charge >= 0.3 is 0 Å². The molecule has 0 aromatic carbocycles. The Hall–Kier alpha value is -0.536. The van der Waals surface area contributed by atoms with E-state index in [1.54, 1.807) is 12.4 Å². The van der Waals surface area contributed by atoms with Gasteiger partial charge in [0, 0.05) is 44.7 Å². The quantitative estimate of drug-likeness (QED) is 0.309. The number of nitrogens with one attached hydrogen (secondary N) is 2. The van der Waals surface area contributed by atoms with Gasteiger partial charge in [-0.2, -0.15) is 10.2 Å². The molecule has 159 valence electrons. The summed E-state index contributed by atoms with van der Waals surface area (Å²) in [5.41, 5.74) is 7.81. The Balaban J connectivity index is 0. The molecule has 0 bridgehead atoms. The smallest absolute Gasteiger partial charge is 0.0838 e. The van der Waals surface area contributed by atoms with E-state index in [4.69, 9.17) is 0 Å². The fourth-order valence-corrected chi connectivity index (χ4v) is 2.95. The fraction of sp³-hybridized carbons (Fsp3) is 0.588. The van der Waals surface area contributed by atoms with Crippen LogP contribution in [0.2, 0.25) is 0 Å². The van der Waals surface area contributed by atoms with E-state index in [2.05, 4.69) is 36.3 Å². The first-order chi connectivity index (χ1) is 11.9. The second-order valence-corrected chi connectivity index (χ2v) is 6.30. The number of pyridine rings is 1. The van der Waals surface area contributed by atoms with Gasteiger partial charge in [0.1, 0.15) is 0 Å². The molecule has 2 fully saturated rings. The van der Waals surface area contributed by atoms with Gasteiger partial charge in [-0.05, 0) is 37.8 Å². The van der Waals surface area contributed by atoms with Crippen LogP contribution >= 0.6 is 0 Å². The van der Waals surface area contributed by atoms with E-state index in [9.17, 15) is 0 Å². The summed E-state index contributed by atoms with van der Waals surface area (Å²) in [7, 11) is 0.